The molecule has 0 atom stereocenters. The first-order chi connectivity index (χ1) is 9.65. The highest BCUT2D eigenvalue weighted by atomic mass is 32.2. The summed E-state index contributed by atoms with van der Waals surface area (Å²) >= 11 is 1.72. The van der Waals surface area contributed by atoms with Crippen molar-refractivity contribution < 1.29 is 14.6 Å². The number of aliphatic hydroxyl groups excluding tert-OH is 1. The van der Waals surface area contributed by atoms with E-state index in [0.29, 0.717) is 6.54 Å². The zero-order valence-electron chi connectivity index (χ0n) is 12.1. The van der Waals surface area contributed by atoms with Crippen LogP contribution in [0, 0.1) is 13.8 Å². The van der Waals surface area contributed by atoms with Crippen LogP contribution >= 0.6 is 11.8 Å². The van der Waals surface area contributed by atoms with Crippen LogP contribution in [0.3, 0.4) is 0 Å². The van der Waals surface area contributed by atoms with Crippen molar-refractivity contribution in [2.75, 3.05) is 31.3 Å². The van der Waals surface area contributed by atoms with Crippen LogP contribution in [-0.2, 0) is 4.79 Å². The van der Waals surface area contributed by atoms with Crippen molar-refractivity contribution in [3.05, 3.63) is 29.3 Å². The maximum Gasteiger partial charge on any atom is 0.257 e. The second kappa shape index (κ2) is 9.66. The predicted molar refractivity (Wildman–Crippen MR) is 83.4 cm³/mol. The van der Waals surface area contributed by atoms with Gasteiger partial charge >= 0.3 is 0 Å². The molecule has 4 nitrogen and oxygen atoms in total. The minimum Gasteiger partial charge on any atom is -0.483 e. The van der Waals surface area contributed by atoms with Crippen molar-refractivity contribution in [1.29, 1.82) is 0 Å². The normalized spacial score (nSPS) is 10.3. The van der Waals surface area contributed by atoms with Gasteiger partial charge in [-0.15, -0.1) is 0 Å². The van der Waals surface area contributed by atoms with E-state index in [1.54, 1.807) is 11.8 Å². The molecule has 0 radical (unpaired) electrons. The van der Waals surface area contributed by atoms with E-state index in [-0.39, 0.29) is 19.1 Å². The summed E-state index contributed by atoms with van der Waals surface area (Å²) in [5.41, 5.74) is 2.08. The molecule has 20 heavy (non-hydrogen) atoms. The Labute approximate surface area is 124 Å². The van der Waals surface area contributed by atoms with Crippen molar-refractivity contribution in [2.24, 2.45) is 0 Å². The number of nitrogens with one attached hydrogen (secondary N) is 1. The summed E-state index contributed by atoms with van der Waals surface area (Å²) < 4.78 is 5.57. The largest absolute Gasteiger partial charge is 0.483 e. The Morgan fingerprint density at radius 2 is 2.00 bits per heavy atom. The molecule has 0 saturated carbocycles. The predicted octanol–water partition coefficient (Wildman–Crippen LogP) is 1.91. The molecule has 0 spiro atoms. The maximum absolute atomic E-state index is 11.6. The smallest absolute Gasteiger partial charge is 0.257 e. The van der Waals surface area contributed by atoms with Crippen LogP contribution in [0.25, 0.3) is 0 Å². The fourth-order valence-electron chi connectivity index (χ4n) is 1.75. The van der Waals surface area contributed by atoms with Gasteiger partial charge in [-0.1, -0.05) is 18.2 Å². The van der Waals surface area contributed by atoms with Gasteiger partial charge in [0.25, 0.3) is 5.91 Å². The van der Waals surface area contributed by atoms with Gasteiger partial charge in [-0.25, -0.2) is 0 Å². The molecule has 0 saturated heterocycles. The number of hydrogen-bond acceptors (Lipinski definition) is 4. The molecular weight excluding hydrogens is 274 g/mol. The monoisotopic (exact) mass is 297 g/mol. The van der Waals surface area contributed by atoms with E-state index in [0.717, 1.165) is 34.8 Å². The second-order valence-corrected chi connectivity index (χ2v) is 5.77. The van der Waals surface area contributed by atoms with E-state index in [2.05, 4.69) is 5.32 Å². The standard InChI is InChI=1S/C15H23NO3S/c1-12-5-3-6-13(2)15(12)19-11-14(18)16-7-10-20-9-4-8-17/h3,5-6,17H,4,7-11H2,1-2H3,(H,16,18). The molecule has 0 aliphatic carbocycles. The fraction of sp³-hybridized carbons (Fsp3) is 0.533. The zero-order valence-corrected chi connectivity index (χ0v) is 13.0. The number of amides is 1. The van der Waals surface area contributed by atoms with Gasteiger partial charge in [-0.2, -0.15) is 11.8 Å². The number of carbonyl (C=O) groups is 1. The number of carbonyl (C=O) groups excluding carboxylic acids is 1. The number of aliphatic hydroxyl groups is 1. The lowest BCUT2D eigenvalue weighted by atomic mass is 10.1. The lowest BCUT2D eigenvalue weighted by Crippen LogP contribution is -2.30. The highest BCUT2D eigenvalue weighted by Gasteiger charge is 2.06. The van der Waals surface area contributed by atoms with Gasteiger partial charge in [-0.3, -0.25) is 4.79 Å². The summed E-state index contributed by atoms with van der Waals surface area (Å²) in [4.78, 5) is 11.6. The number of benzene rings is 1. The third-order valence-corrected chi connectivity index (χ3v) is 3.84. The van der Waals surface area contributed by atoms with Crippen LogP contribution in [0.15, 0.2) is 18.2 Å². The summed E-state index contributed by atoms with van der Waals surface area (Å²) in [5.74, 6) is 2.47. The van der Waals surface area contributed by atoms with E-state index >= 15 is 0 Å². The molecule has 0 aliphatic rings. The average molecular weight is 297 g/mol. The molecular formula is C15H23NO3S. The van der Waals surface area contributed by atoms with Crippen LogP contribution in [0.1, 0.15) is 17.5 Å². The molecule has 1 aromatic rings. The van der Waals surface area contributed by atoms with Crippen LogP contribution in [-0.4, -0.2) is 42.3 Å². The molecule has 1 amide bonds. The highest BCUT2D eigenvalue weighted by molar-refractivity contribution is 7.99. The van der Waals surface area contributed by atoms with E-state index in [1.807, 2.05) is 32.0 Å². The third kappa shape index (κ3) is 6.30. The molecule has 2 N–H and O–H groups in total. The van der Waals surface area contributed by atoms with Crippen LogP contribution in [0.2, 0.25) is 0 Å². The van der Waals surface area contributed by atoms with Gasteiger partial charge in [0.2, 0.25) is 0 Å². The minimum atomic E-state index is -0.101. The van der Waals surface area contributed by atoms with Crippen molar-refractivity contribution in [3.8, 4) is 5.75 Å². The number of rotatable bonds is 9. The Morgan fingerprint density at radius 3 is 2.65 bits per heavy atom. The van der Waals surface area contributed by atoms with E-state index in [1.165, 1.54) is 0 Å². The summed E-state index contributed by atoms with van der Waals surface area (Å²) in [5, 5.41) is 11.5. The maximum atomic E-state index is 11.6. The molecule has 0 bridgehead atoms. The Bertz CT molecular complexity index is 403. The highest BCUT2D eigenvalue weighted by Crippen LogP contribution is 2.21. The van der Waals surface area contributed by atoms with Gasteiger partial charge in [-0.05, 0) is 37.1 Å². The number of hydrogen-bond donors (Lipinski definition) is 2. The first-order valence-corrected chi connectivity index (χ1v) is 7.95. The fourth-order valence-corrected chi connectivity index (χ4v) is 2.53. The van der Waals surface area contributed by atoms with Crippen LogP contribution < -0.4 is 10.1 Å². The van der Waals surface area contributed by atoms with Gasteiger partial charge in [0.1, 0.15) is 5.75 Å². The molecule has 0 unspecified atom stereocenters. The lowest BCUT2D eigenvalue weighted by Gasteiger charge is -2.11. The number of aryl methyl sites for hydroxylation is 2. The molecule has 5 heteroatoms. The van der Waals surface area contributed by atoms with Crippen molar-refractivity contribution in [2.45, 2.75) is 20.3 Å². The SMILES string of the molecule is Cc1cccc(C)c1OCC(=O)NCCSCCCO. The van der Waals surface area contributed by atoms with Gasteiger partial charge in [0.15, 0.2) is 6.61 Å². The van der Waals surface area contributed by atoms with Crippen LogP contribution in [0.4, 0.5) is 0 Å². The second-order valence-electron chi connectivity index (χ2n) is 4.55. The molecule has 0 fully saturated rings. The lowest BCUT2D eigenvalue weighted by molar-refractivity contribution is -0.122. The van der Waals surface area contributed by atoms with Crippen molar-refractivity contribution in [1.82, 2.24) is 5.32 Å². The molecule has 1 rings (SSSR count). The number of thioether (sulfide) groups is 1. The molecule has 112 valence electrons. The number of ether oxygens (including phenoxy) is 1. The first kappa shape index (κ1) is 16.9. The summed E-state index contributed by atoms with van der Waals surface area (Å²) in [7, 11) is 0. The quantitative estimate of drug-likeness (QED) is 0.684. The zero-order chi connectivity index (χ0) is 14.8. The minimum absolute atomic E-state index is 0.0486. The van der Waals surface area contributed by atoms with E-state index in [4.69, 9.17) is 9.84 Å². The van der Waals surface area contributed by atoms with E-state index < -0.39 is 0 Å². The third-order valence-electron chi connectivity index (χ3n) is 2.77. The summed E-state index contributed by atoms with van der Waals surface area (Å²) in [6.45, 7) is 4.84. The molecule has 1 aromatic carbocycles. The van der Waals surface area contributed by atoms with Crippen molar-refractivity contribution in [3.63, 3.8) is 0 Å². The molecule has 0 aromatic heterocycles. The Morgan fingerprint density at radius 1 is 1.30 bits per heavy atom. The van der Waals surface area contributed by atoms with Gasteiger partial charge in [0.05, 0.1) is 0 Å². The Balaban J connectivity index is 2.20. The Kier molecular flexibility index (Phi) is 8.14. The van der Waals surface area contributed by atoms with Crippen molar-refractivity contribution >= 4 is 17.7 Å². The summed E-state index contributed by atoms with van der Waals surface area (Å²) in [6, 6.07) is 5.91. The van der Waals surface area contributed by atoms with E-state index in [9.17, 15) is 4.79 Å². The first-order valence-electron chi connectivity index (χ1n) is 6.79. The van der Waals surface area contributed by atoms with Gasteiger partial charge in [0, 0.05) is 18.9 Å². The molecule has 0 heterocycles. The Hall–Kier alpha value is -1.20. The average Bonchev–Trinajstić information content (AvgIpc) is 2.42. The van der Waals surface area contributed by atoms with Gasteiger partial charge < -0.3 is 15.2 Å². The number of para-hydroxylation sites is 1. The van der Waals surface area contributed by atoms with Crippen LogP contribution in [0.5, 0.6) is 5.75 Å². The summed E-state index contributed by atoms with van der Waals surface area (Å²) in [6.07, 6.45) is 0.800. The topological polar surface area (TPSA) is 58.6 Å². The molecule has 0 aliphatic heterocycles.